The summed E-state index contributed by atoms with van der Waals surface area (Å²) in [5.41, 5.74) is 1.09. The van der Waals surface area contributed by atoms with Crippen LogP contribution in [0.1, 0.15) is 43.0 Å². The Kier molecular flexibility index (Phi) is 7.40. The van der Waals surface area contributed by atoms with Crippen molar-refractivity contribution < 1.29 is 23.9 Å². The topological polar surface area (TPSA) is 93.7 Å². The molecule has 1 aromatic rings. The van der Waals surface area contributed by atoms with Crippen molar-refractivity contribution in [1.82, 2.24) is 5.32 Å². The Labute approximate surface area is 147 Å². The van der Waals surface area contributed by atoms with Gasteiger partial charge in [-0.15, -0.1) is 0 Å². The van der Waals surface area contributed by atoms with Gasteiger partial charge in [-0.3, -0.25) is 14.4 Å². The van der Waals surface area contributed by atoms with Crippen LogP contribution in [-0.2, 0) is 19.1 Å². The van der Waals surface area contributed by atoms with Crippen molar-refractivity contribution in [3.63, 3.8) is 0 Å². The van der Waals surface area contributed by atoms with Crippen LogP contribution in [0.2, 0.25) is 0 Å². The van der Waals surface area contributed by atoms with Crippen LogP contribution in [0.25, 0.3) is 0 Å². The van der Waals surface area contributed by atoms with Crippen LogP contribution in [0.3, 0.4) is 0 Å². The minimum Gasteiger partial charge on any atom is -0.466 e. The Hall–Kier alpha value is -2.41. The molecular formula is C18H24N2O5. The summed E-state index contributed by atoms with van der Waals surface area (Å²) in [6, 6.07) is 6.60. The first-order valence-corrected chi connectivity index (χ1v) is 8.54. The largest absolute Gasteiger partial charge is 0.466 e. The third-order valence-corrected chi connectivity index (χ3v) is 3.81. The molecule has 0 saturated carbocycles. The lowest BCUT2D eigenvalue weighted by Gasteiger charge is -2.11. The average Bonchev–Trinajstić information content (AvgIpc) is 3.12. The first-order valence-electron chi connectivity index (χ1n) is 8.54. The predicted molar refractivity (Wildman–Crippen MR) is 92.2 cm³/mol. The molecule has 1 aromatic carbocycles. The Balaban J connectivity index is 1.75. The molecule has 1 heterocycles. The molecule has 0 radical (unpaired) electrons. The van der Waals surface area contributed by atoms with E-state index in [4.69, 9.17) is 9.47 Å². The summed E-state index contributed by atoms with van der Waals surface area (Å²) in [5, 5.41) is 5.53. The highest BCUT2D eigenvalue weighted by Gasteiger charge is 2.16. The minimum absolute atomic E-state index is 0.0450. The molecule has 25 heavy (non-hydrogen) atoms. The lowest BCUT2D eigenvalue weighted by Crippen LogP contribution is -2.31. The van der Waals surface area contributed by atoms with Gasteiger partial charge in [0.1, 0.15) is 0 Å². The van der Waals surface area contributed by atoms with E-state index >= 15 is 0 Å². The fraction of sp³-hybridized carbons (Fsp3) is 0.500. The normalized spacial score (nSPS) is 16.3. The highest BCUT2D eigenvalue weighted by atomic mass is 16.5. The molecule has 7 heteroatoms. The van der Waals surface area contributed by atoms with E-state index in [1.54, 1.807) is 31.2 Å². The second kappa shape index (κ2) is 9.78. The average molecular weight is 348 g/mol. The molecule has 0 unspecified atom stereocenters. The van der Waals surface area contributed by atoms with Gasteiger partial charge >= 0.3 is 5.97 Å². The van der Waals surface area contributed by atoms with E-state index in [0.29, 0.717) is 24.4 Å². The Bertz CT molecular complexity index is 594. The quantitative estimate of drug-likeness (QED) is 0.700. The van der Waals surface area contributed by atoms with Gasteiger partial charge in [0.15, 0.2) is 0 Å². The van der Waals surface area contributed by atoms with Gasteiger partial charge in [-0.05, 0) is 44.0 Å². The highest BCUT2D eigenvalue weighted by molar-refractivity contribution is 5.96. The predicted octanol–water partition coefficient (Wildman–Crippen LogP) is 1.88. The third kappa shape index (κ3) is 6.54. The molecule has 0 aromatic heterocycles. The molecule has 1 saturated heterocycles. The molecule has 1 fully saturated rings. The summed E-state index contributed by atoms with van der Waals surface area (Å²) >= 11 is 0. The number of ether oxygens (including phenoxy) is 2. The smallest absolute Gasteiger partial charge is 0.306 e. The number of hydrogen-bond donors (Lipinski definition) is 2. The van der Waals surface area contributed by atoms with E-state index in [1.807, 2.05) is 0 Å². The van der Waals surface area contributed by atoms with Crippen LogP contribution in [0.4, 0.5) is 5.69 Å². The highest BCUT2D eigenvalue weighted by Crippen LogP contribution is 2.12. The first-order chi connectivity index (χ1) is 12.1. The Morgan fingerprint density at radius 2 is 1.96 bits per heavy atom. The van der Waals surface area contributed by atoms with Crippen molar-refractivity contribution in [3.05, 3.63) is 29.8 Å². The molecule has 2 N–H and O–H groups in total. The zero-order valence-corrected chi connectivity index (χ0v) is 14.4. The van der Waals surface area contributed by atoms with Gasteiger partial charge in [0, 0.05) is 30.8 Å². The van der Waals surface area contributed by atoms with E-state index in [1.165, 1.54) is 0 Å². The van der Waals surface area contributed by atoms with Gasteiger partial charge in [0.05, 0.1) is 19.1 Å². The lowest BCUT2D eigenvalue weighted by molar-refractivity contribution is -0.144. The molecule has 2 amide bonds. The van der Waals surface area contributed by atoms with Crippen LogP contribution in [0.5, 0.6) is 0 Å². The number of carbonyl (C=O) groups is 3. The number of hydrogen-bond acceptors (Lipinski definition) is 5. The number of anilines is 1. The lowest BCUT2D eigenvalue weighted by atomic mass is 10.1. The molecule has 0 aliphatic carbocycles. The van der Waals surface area contributed by atoms with Crippen molar-refractivity contribution >= 4 is 23.5 Å². The van der Waals surface area contributed by atoms with E-state index < -0.39 is 5.97 Å². The summed E-state index contributed by atoms with van der Waals surface area (Å²) in [6.07, 6.45) is 2.20. The number of carbonyl (C=O) groups excluding carboxylic acids is 3. The molecule has 1 aliphatic rings. The maximum absolute atomic E-state index is 12.1. The first kappa shape index (κ1) is 18.9. The maximum Gasteiger partial charge on any atom is 0.306 e. The van der Waals surface area contributed by atoms with Gasteiger partial charge in [-0.2, -0.15) is 0 Å². The van der Waals surface area contributed by atoms with Crippen molar-refractivity contribution in [2.75, 3.05) is 25.1 Å². The summed E-state index contributed by atoms with van der Waals surface area (Å²) in [6.45, 7) is 3.28. The molecule has 1 aliphatic heterocycles. The molecule has 0 bridgehead atoms. The summed E-state index contributed by atoms with van der Waals surface area (Å²) < 4.78 is 10.2. The van der Waals surface area contributed by atoms with Gasteiger partial charge in [0.2, 0.25) is 5.91 Å². The zero-order valence-electron chi connectivity index (χ0n) is 14.4. The second-order valence-corrected chi connectivity index (χ2v) is 5.78. The van der Waals surface area contributed by atoms with Crippen molar-refractivity contribution in [2.24, 2.45) is 0 Å². The molecule has 2 rings (SSSR count). The minimum atomic E-state index is -0.393. The standard InChI is InChI=1S/C18H24N2O5/c1-2-24-17(22)10-9-16(21)20-14-7-5-13(6-8-14)18(23)19-12-15-4-3-11-25-15/h5-8,15H,2-4,9-12H2,1H3,(H,19,23)(H,20,21)/t15-/m0/s1. The molecule has 0 spiro atoms. The summed E-state index contributed by atoms with van der Waals surface area (Å²) in [4.78, 5) is 35.1. The van der Waals surface area contributed by atoms with Gasteiger partial charge < -0.3 is 20.1 Å². The number of amides is 2. The van der Waals surface area contributed by atoms with Crippen LogP contribution < -0.4 is 10.6 Å². The fourth-order valence-electron chi connectivity index (χ4n) is 2.49. The number of esters is 1. The third-order valence-electron chi connectivity index (χ3n) is 3.81. The molecular weight excluding hydrogens is 324 g/mol. The van der Waals surface area contributed by atoms with E-state index in [-0.39, 0.29) is 30.8 Å². The second-order valence-electron chi connectivity index (χ2n) is 5.78. The van der Waals surface area contributed by atoms with Crippen molar-refractivity contribution in [1.29, 1.82) is 0 Å². The summed E-state index contributed by atoms with van der Waals surface area (Å²) in [7, 11) is 0. The summed E-state index contributed by atoms with van der Waals surface area (Å²) in [5.74, 6) is -0.838. The number of benzene rings is 1. The monoisotopic (exact) mass is 348 g/mol. The molecule has 7 nitrogen and oxygen atoms in total. The fourth-order valence-corrected chi connectivity index (χ4v) is 2.49. The molecule has 136 valence electrons. The van der Waals surface area contributed by atoms with E-state index in [0.717, 1.165) is 19.4 Å². The molecule has 1 atom stereocenters. The van der Waals surface area contributed by atoms with Crippen LogP contribution in [-0.4, -0.2) is 43.6 Å². The number of nitrogens with one attached hydrogen (secondary N) is 2. The van der Waals surface area contributed by atoms with Crippen molar-refractivity contribution in [3.8, 4) is 0 Å². The van der Waals surface area contributed by atoms with Crippen LogP contribution in [0.15, 0.2) is 24.3 Å². The van der Waals surface area contributed by atoms with Gasteiger partial charge in [0.25, 0.3) is 5.91 Å². The SMILES string of the molecule is CCOC(=O)CCC(=O)Nc1ccc(C(=O)NC[C@@H]2CCCO2)cc1. The van der Waals surface area contributed by atoms with Crippen LogP contribution in [0, 0.1) is 0 Å². The zero-order chi connectivity index (χ0) is 18.1. The van der Waals surface area contributed by atoms with E-state index in [2.05, 4.69) is 10.6 Å². The van der Waals surface area contributed by atoms with Gasteiger partial charge in [-0.1, -0.05) is 0 Å². The van der Waals surface area contributed by atoms with Crippen molar-refractivity contribution in [2.45, 2.75) is 38.7 Å². The maximum atomic E-state index is 12.1. The van der Waals surface area contributed by atoms with E-state index in [9.17, 15) is 14.4 Å². The Morgan fingerprint density at radius 1 is 1.20 bits per heavy atom. The van der Waals surface area contributed by atoms with Gasteiger partial charge in [-0.25, -0.2) is 0 Å². The van der Waals surface area contributed by atoms with Crippen LogP contribution >= 0.6 is 0 Å². The number of rotatable bonds is 8. The Morgan fingerprint density at radius 3 is 2.60 bits per heavy atom.